The predicted octanol–water partition coefficient (Wildman–Crippen LogP) is 3.74. The first-order valence-corrected chi connectivity index (χ1v) is 9.14. The number of hydrogen-bond donors (Lipinski definition) is 1. The summed E-state index contributed by atoms with van der Waals surface area (Å²) in [5.41, 5.74) is 2.22. The first kappa shape index (κ1) is 22.7. The molecule has 0 aliphatic carbocycles. The summed E-state index contributed by atoms with van der Waals surface area (Å²) in [5, 5.41) is 7.50. The molecule has 0 fully saturated rings. The number of halogens is 1. The summed E-state index contributed by atoms with van der Waals surface area (Å²) in [5.74, 6) is 3.30. The van der Waals surface area contributed by atoms with Crippen LogP contribution in [-0.2, 0) is 20.1 Å². The minimum absolute atomic E-state index is 0. The largest absolute Gasteiger partial charge is 0.457 e. The van der Waals surface area contributed by atoms with Crippen LogP contribution in [-0.4, -0.2) is 39.7 Å². The number of nitrogens with one attached hydrogen (secondary N) is 1. The van der Waals surface area contributed by atoms with Crippen LogP contribution in [0.5, 0.6) is 11.5 Å². The summed E-state index contributed by atoms with van der Waals surface area (Å²) in [6.07, 6.45) is 1.55. The third-order valence-electron chi connectivity index (χ3n) is 4.38. The van der Waals surface area contributed by atoms with Gasteiger partial charge in [0.1, 0.15) is 23.7 Å². The molecule has 7 nitrogen and oxygen atoms in total. The average Bonchev–Trinajstić information content (AvgIpc) is 3.08. The van der Waals surface area contributed by atoms with Crippen LogP contribution in [0.4, 0.5) is 0 Å². The van der Waals surface area contributed by atoms with Crippen LogP contribution in [0.2, 0.25) is 0 Å². The molecule has 1 N–H and O–H groups in total. The number of hydrogen-bond acceptors (Lipinski definition) is 4. The lowest BCUT2D eigenvalue weighted by Crippen LogP contribution is -2.38. The van der Waals surface area contributed by atoms with Crippen molar-refractivity contribution in [3.05, 3.63) is 71.8 Å². The Hall–Kier alpha value is -2.62. The quantitative estimate of drug-likeness (QED) is 0.314. The van der Waals surface area contributed by atoms with Crippen LogP contribution in [0, 0.1) is 6.92 Å². The Labute approximate surface area is 188 Å². The van der Waals surface area contributed by atoms with Gasteiger partial charge < -0.3 is 15.0 Å². The van der Waals surface area contributed by atoms with Gasteiger partial charge in [0.15, 0.2) is 5.96 Å². The van der Waals surface area contributed by atoms with Crippen molar-refractivity contribution in [2.75, 3.05) is 14.1 Å². The molecule has 2 aromatic carbocycles. The van der Waals surface area contributed by atoms with Crippen LogP contribution in [0.1, 0.15) is 17.0 Å². The summed E-state index contributed by atoms with van der Waals surface area (Å²) in [6.45, 7) is 3.26. The van der Waals surface area contributed by atoms with Crippen LogP contribution in [0.25, 0.3) is 0 Å². The monoisotopic (exact) mass is 506 g/mol. The smallest absolute Gasteiger partial charge is 0.194 e. The lowest BCUT2D eigenvalue weighted by molar-refractivity contribution is 0.445. The van der Waals surface area contributed by atoms with Gasteiger partial charge in [-0.3, -0.25) is 9.67 Å². The van der Waals surface area contributed by atoms with E-state index in [0.29, 0.717) is 13.1 Å². The third-order valence-corrected chi connectivity index (χ3v) is 4.38. The Morgan fingerprint density at radius 2 is 2.00 bits per heavy atom. The second kappa shape index (κ2) is 10.8. The molecule has 8 heteroatoms. The van der Waals surface area contributed by atoms with E-state index in [1.165, 1.54) is 5.56 Å². The molecule has 1 aromatic heterocycles. The summed E-state index contributed by atoms with van der Waals surface area (Å²) in [4.78, 5) is 10.6. The number of aliphatic imine (C=N–C) groups is 1. The summed E-state index contributed by atoms with van der Waals surface area (Å²) in [7, 11) is 5.62. The van der Waals surface area contributed by atoms with Crippen molar-refractivity contribution in [2.24, 2.45) is 12.0 Å². The van der Waals surface area contributed by atoms with E-state index in [4.69, 9.17) is 4.74 Å². The molecular formula is C21H27IN6O. The van der Waals surface area contributed by atoms with E-state index in [2.05, 4.69) is 33.4 Å². The van der Waals surface area contributed by atoms with E-state index in [9.17, 15) is 0 Å². The standard InChI is InChI=1S/C21H26N6O.HI/c1-16-8-7-10-18(12-16)28-19-11-6-5-9-17(19)13-23-21(22-2)26(3)14-20-24-15-25-27(20)4;/h5-12,15H,13-14H2,1-4H3,(H,22,23);1H. The van der Waals surface area contributed by atoms with Gasteiger partial charge in [0.25, 0.3) is 0 Å². The second-order valence-electron chi connectivity index (χ2n) is 6.58. The maximum Gasteiger partial charge on any atom is 0.194 e. The zero-order valence-corrected chi connectivity index (χ0v) is 19.5. The van der Waals surface area contributed by atoms with Gasteiger partial charge in [-0.15, -0.1) is 24.0 Å². The molecule has 0 saturated heterocycles. The van der Waals surface area contributed by atoms with Crippen molar-refractivity contribution in [3.63, 3.8) is 0 Å². The molecule has 154 valence electrons. The molecule has 1 heterocycles. The van der Waals surface area contributed by atoms with Crippen LogP contribution >= 0.6 is 24.0 Å². The SMILES string of the molecule is CN=C(NCc1ccccc1Oc1cccc(C)c1)N(C)Cc1ncnn1C.I. The molecule has 0 aliphatic heterocycles. The molecule has 0 unspecified atom stereocenters. The van der Waals surface area contributed by atoms with E-state index in [1.807, 2.05) is 61.5 Å². The number of rotatable bonds is 6. The fourth-order valence-electron chi connectivity index (χ4n) is 2.86. The first-order chi connectivity index (χ1) is 13.6. The molecule has 3 rings (SSSR count). The van der Waals surface area contributed by atoms with Crippen molar-refractivity contribution < 1.29 is 4.74 Å². The minimum Gasteiger partial charge on any atom is -0.457 e. The number of aromatic nitrogens is 3. The number of para-hydroxylation sites is 1. The van der Waals surface area contributed by atoms with E-state index in [0.717, 1.165) is 28.8 Å². The van der Waals surface area contributed by atoms with Gasteiger partial charge in [-0.25, -0.2) is 4.98 Å². The molecule has 0 spiro atoms. The average molecular weight is 506 g/mol. The molecule has 3 aromatic rings. The highest BCUT2D eigenvalue weighted by molar-refractivity contribution is 14.0. The Morgan fingerprint density at radius 3 is 2.69 bits per heavy atom. The maximum atomic E-state index is 6.10. The molecule has 0 atom stereocenters. The van der Waals surface area contributed by atoms with Crippen LogP contribution in [0.15, 0.2) is 59.9 Å². The van der Waals surface area contributed by atoms with Gasteiger partial charge in [-0.2, -0.15) is 5.10 Å². The number of guanidine groups is 1. The van der Waals surface area contributed by atoms with Crippen LogP contribution in [0.3, 0.4) is 0 Å². The number of nitrogens with zero attached hydrogens (tertiary/aromatic N) is 5. The fourth-order valence-corrected chi connectivity index (χ4v) is 2.86. The van der Waals surface area contributed by atoms with Crippen molar-refractivity contribution in [1.82, 2.24) is 25.0 Å². The third kappa shape index (κ3) is 6.18. The zero-order valence-electron chi connectivity index (χ0n) is 17.2. The summed E-state index contributed by atoms with van der Waals surface area (Å²) >= 11 is 0. The first-order valence-electron chi connectivity index (χ1n) is 9.14. The fraction of sp³-hybridized carbons (Fsp3) is 0.286. The van der Waals surface area contributed by atoms with E-state index in [1.54, 1.807) is 18.1 Å². The highest BCUT2D eigenvalue weighted by Crippen LogP contribution is 2.25. The second-order valence-corrected chi connectivity index (χ2v) is 6.58. The van der Waals surface area contributed by atoms with E-state index >= 15 is 0 Å². The lowest BCUT2D eigenvalue weighted by atomic mass is 10.2. The Kier molecular flexibility index (Phi) is 8.44. The molecule has 0 aliphatic rings. The molecular weight excluding hydrogens is 479 g/mol. The summed E-state index contributed by atoms with van der Waals surface area (Å²) < 4.78 is 7.86. The van der Waals surface area contributed by atoms with Crippen molar-refractivity contribution in [1.29, 1.82) is 0 Å². The maximum absolute atomic E-state index is 6.10. The van der Waals surface area contributed by atoms with Crippen molar-refractivity contribution >= 4 is 29.9 Å². The van der Waals surface area contributed by atoms with E-state index in [-0.39, 0.29) is 24.0 Å². The molecule has 0 radical (unpaired) electrons. The van der Waals surface area contributed by atoms with Crippen molar-refractivity contribution in [2.45, 2.75) is 20.0 Å². The molecule has 29 heavy (non-hydrogen) atoms. The van der Waals surface area contributed by atoms with E-state index < -0.39 is 0 Å². The summed E-state index contributed by atoms with van der Waals surface area (Å²) in [6, 6.07) is 16.0. The zero-order chi connectivity index (χ0) is 19.9. The predicted molar refractivity (Wildman–Crippen MR) is 126 cm³/mol. The topological polar surface area (TPSA) is 67.6 Å². The normalized spacial score (nSPS) is 11.0. The highest BCUT2D eigenvalue weighted by Gasteiger charge is 2.11. The number of benzene rings is 2. The van der Waals surface area contributed by atoms with Crippen molar-refractivity contribution in [3.8, 4) is 11.5 Å². The van der Waals surface area contributed by atoms with Gasteiger partial charge in [0.05, 0.1) is 6.54 Å². The Bertz CT molecular complexity index is 956. The van der Waals surface area contributed by atoms with Gasteiger partial charge in [0.2, 0.25) is 0 Å². The number of ether oxygens (including phenoxy) is 1. The molecule has 0 bridgehead atoms. The van der Waals surface area contributed by atoms with Gasteiger partial charge in [-0.05, 0) is 30.7 Å². The highest BCUT2D eigenvalue weighted by atomic mass is 127. The molecule has 0 amide bonds. The molecule has 0 saturated carbocycles. The number of aryl methyl sites for hydroxylation is 2. The van der Waals surface area contributed by atoms with Crippen LogP contribution < -0.4 is 10.1 Å². The minimum atomic E-state index is 0. The Morgan fingerprint density at radius 1 is 1.21 bits per heavy atom. The van der Waals surface area contributed by atoms with Gasteiger partial charge in [-0.1, -0.05) is 30.3 Å². The lowest BCUT2D eigenvalue weighted by Gasteiger charge is -2.22. The Balaban J connectivity index is 0.00000300. The van der Waals surface area contributed by atoms with Gasteiger partial charge >= 0.3 is 0 Å². The van der Waals surface area contributed by atoms with Gasteiger partial charge in [0, 0.05) is 33.3 Å².